The number of methoxy groups -OCH3 is 1. The molecule has 4 nitrogen and oxygen atoms in total. The molecule has 0 saturated carbocycles. The highest BCUT2D eigenvalue weighted by molar-refractivity contribution is 9.10. The van der Waals surface area contributed by atoms with Gasteiger partial charge in [0.1, 0.15) is 0 Å². The van der Waals surface area contributed by atoms with Gasteiger partial charge in [0, 0.05) is 11.3 Å². The van der Waals surface area contributed by atoms with E-state index in [2.05, 4.69) is 21.2 Å². The molecule has 0 aromatic heterocycles. The average molecular weight is 414 g/mol. The van der Waals surface area contributed by atoms with Crippen molar-refractivity contribution < 1.29 is 14.3 Å². The lowest BCUT2D eigenvalue weighted by Gasteiger charge is -2.14. The molecule has 3 aromatic carbocycles. The number of fused-ring (bicyclic) bond motifs is 1. The first-order valence-corrected chi connectivity index (χ1v) is 9.22. The number of carbonyl (C=O) groups excluding carboxylic acids is 1. The molecule has 0 spiro atoms. The van der Waals surface area contributed by atoms with Crippen molar-refractivity contribution in [1.29, 1.82) is 0 Å². The molecule has 0 fully saturated rings. The third-order valence-corrected chi connectivity index (χ3v) is 4.54. The van der Waals surface area contributed by atoms with Crippen LogP contribution < -0.4 is 14.8 Å². The van der Waals surface area contributed by atoms with Crippen molar-refractivity contribution in [2.24, 2.45) is 0 Å². The quantitative estimate of drug-likeness (QED) is 0.567. The van der Waals surface area contributed by atoms with Gasteiger partial charge in [-0.3, -0.25) is 4.79 Å². The molecule has 0 heterocycles. The van der Waals surface area contributed by atoms with Crippen molar-refractivity contribution in [3.63, 3.8) is 0 Å². The van der Waals surface area contributed by atoms with Gasteiger partial charge < -0.3 is 14.8 Å². The Balaban J connectivity index is 1.85. The number of amides is 1. The summed E-state index contributed by atoms with van der Waals surface area (Å²) in [6, 6.07) is 17.3. The summed E-state index contributed by atoms with van der Waals surface area (Å²) in [6.07, 6.45) is 0.889. The lowest BCUT2D eigenvalue weighted by atomic mass is 10.1. The van der Waals surface area contributed by atoms with Gasteiger partial charge in [0.05, 0.1) is 18.2 Å². The Labute approximate surface area is 161 Å². The van der Waals surface area contributed by atoms with Crippen molar-refractivity contribution in [1.82, 2.24) is 0 Å². The number of carbonyl (C=O) groups is 1. The van der Waals surface area contributed by atoms with E-state index in [0.717, 1.165) is 22.9 Å². The minimum atomic E-state index is -0.207. The van der Waals surface area contributed by atoms with Crippen LogP contribution in [0.25, 0.3) is 10.8 Å². The summed E-state index contributed by atoms with van der Waals surface area (Å²) in [6.45, 7) is 2.61. The molecule has 0 bridgehead atoms. The zero-order valence-corrected chi connectivity index (χ0v) is 16.3. The lowest BCUT2D eigenvalue weighted by Crippen LogP contribution is -2.12. The summed E-state index contributed by atoms with van der Waals surface area (Å²) in [4.78, 5) is 12.7. The summed E-state index contributed by atoms with van der Waals surface area (Å²) >= 11 is 3.47. The van der Waals surface area contributed by atoms with Crippen LogP contribution in [-0.4, -0.2) is 19.6 Å². The van der Waals surface area contributed by atoms with E-state index >= 15 is 0 Å². The monoisotopic (exact) mass is 413 g/mol. The number of rotatable bonds is 6. The van der Waals surface area contributed by atoms with Gasteiger partial charge in [-0.05, 0) is 57.4 Å². The Hall–Kier alpha value is -2.53. The highest BCUT2D eigenvalue weighted by Gasteiger charge is 2.16. The van der Waals surface area contributed by atoms with Crippen molar-refractivity contribution in [2.45, 2.75) is 13.3 Å². The molecule has 3 rings (SSSR count). The number of hydrogen-bond acceptors (Lipinski definition) is 3. The molecule has 5 heteroatoms. The average Bonchev–Trinajstić information content (AvgIpc) is 2.66. The number of ether oxygens (including phenoxy) is 2. The fourth-order valence-corrected chi connectivity index (χ4v) is 3.22. The number of anilines is 1. The molecule has 0 aliphatic heterocycles. The van der Waals surface area contributed by atoms with Gasteiger partial charge >= 0.3 is 0 Å². The summed E-state index contributed by atoms with van der Waals surface area (Å²) in [5, 5.41) is 5.14. The molecular formula is C21H20BrNO3. The molecule has 0 aliphatic rings. The molecule has 3 aromatic rings. The Morgan fingerprint density at radius 2 is 1.85 bits per heavy atom. The molecule has 134 valence electrons. The number of hydrogen-bond donors (Lipinski definition) is 1. The highest BCUT2D eigenvalue weighted by atomic mass is 79.9. The fourth-order valence-electron chi connectivity index (χ4n) is 2.67. The van der Waals surface area contributed by atoms with E-state index in [4.69, 9.17) is 9.47 Å². The van der Waals surface area contributed by atoms with Crippen molar-refractivity contribution in [3.05, 3.63) is 64.6 Å². The second-order valence-corrected chi connectivity index (χ2v) is 6.71. The van der Waals surface area contributed by atoms with Crippen molar-refractivity contribution in [2.75, 3.05) is 19.0 Å². The van der Waals surface area contributed by atoms with Gasteiger partial charge in [0.15, 0.2) is 11.5 Å². The Morgan fingerprint density at radius 3 is 2.58 bits per heavy atom. The van der Waals surface area contributed by atoms with Crippen LogP contribution in [0.5, 0.6) is 11.5 Å². The molecule has 0 radical (unpaired) electrons. The third kappa shape index (κ3) is 3.99. The van der Waals surface area contributed by atoms with Gasteiger partial charge in [0.25, 0.3) is 5.91 Å². The van der Waals surface area contributed by atoms with Crippen LogP contribution in [0.4, 0.5) is 5.69 Å². The van der Waals surface area contributed by atoms with E-state index in [1.807, 2.05) is 49.4 Å². The van der Waals surface area contributed by atoms with Gasteiger partial charge in [-0.25, -0.2) is 0 Å². The predicted octanol–water partition coefficient (Wildman–Crippen LogP) is 5.65. The van der Waals surface area contributed by atoms with Crippen LogP contribution in [0.15, 0.2) is 59.1 Å². The predicted molar refractivity (Wildman–Crippen MR) is 108 cm³/mol. The van der Waals surface area contributed by atoms with Crippen LogP contribution >= 0.6 is 15.9 Å². The minimum absolute atomic E-state index is 0.207. The molecule has 0 atom stereocenters. The van der Waals surface area contributed by atoms with E-state index in [9.17, 15) is 4.79 Å². The first-order chi connectivity index (χ1) is 12.6. The smallest absolute Gasteiger partial charge is 0.255 e. The highest BCUT2D eigenvalue weighted by Crippen LogP contribution is 2.37. The van der Waals surface area contributed by atoms with Crippen molar-refractivity contribution >= 4 is 38.3 Å². The Morgan fingerprint density at radius 1 is 1.08 bits per heavy atom. The summed E-state index contributed by atoms with van der Waals surface area (Å²) in [7, 11) is 1.56. The molecule has 1 amide bonds. The second-order valence-electron chi connectivity index (χ2n) is 5.85. The molecular weight excluding hydrogens is 394 g/mol. The van der Waals surface area contributed by atoms with Crippen molar-refractivity contribution in [3.8, 4) is 11.5 Å². The molecule has 0 unspecified atom stereocenters. The van der Waals surface area contributed by atoms with Crippen LogP contribution in [0.1, 0.15) is 23.7 Å². The molecule has 0 aliphatic carbocycles. The normalized spacial score (nSPS) is 10.6. The maximum absolute atomic E-state index is 12.7. The van der Waals surface area contributed by atoms with Crippen LogP contribution in [0.3, 0.4) is 0 Å². The molecule has 1 N–H and O–H groups in total. The SMILES string of the molecule is CCCOc1c(Br)cc(C(=O)Nc2ccc3ccccc3c2)cc1OC. The second kappa shape index (κ2) is 8.23. The largest absolute Gasteiger partial charge is 0.493 e. The van der Waals surface area contributed by atoms with Gasteiger partial charge in [-0.15, -0.1) is 0 Å². The van der Waals surface area contributed by atoms with Gasteiger partial charge in [-0.1, -0.05) is 37.3 Å². The number of benzene rings is 3. The fraction of sp³-hybridized carbons (Fsp3) is 0.190. The maximum Gasteiger partial charge on any atom is 0.255 e. The summed E-state index contributed by atoms with van der Waals surface area (Å²) in [5.41, 5.74) is 1.24. The van der Waals surface area contributed by atoms with Crippen LogP contribution in [0.2, 0.25) is 0 Å². The van der Waals surface area contributed by atoms with Gasteiger partial charge in [-0.2, -0.15) is 0 Å². The van der Waals surface area contributed by atoms with Crippen LogP contribution in [-0.2, 0) is 0 Å². The first kappa shape index (κ1) is 18.3. The molecule has 26 heavy (non-hydrogen) atoms. The minimum Gasteiger partial charge on any atom is -0.493 e. The van der Waals surface area contributed by atoms with E-state index < -0.39 is 0 Å². The van der Waals surface area contributed by atoms with E-state index in [0.29, 0.717) is 28.1 Å². The standard InChI is InChI=1S/C21H20BrNO3/c1-3-10-26-20-18(22)12-16(13-19(20)25-2)21(24)23-17-9-8-14-6-4-5-7-15(14)11-17/h4-9,11-13H,3,10H2,1-2H3,(H,23,24). The third-order valence-electron chi connectivity index (χ3n) is 3.95. The van der Waals surface area contributed by atoms with Gasteiger partial charge in [0.2, 0.25) is 0 Å². The summed E-state index contributed by atoms with van der Waals surface area (Å²) in [5.74, 6) is 0.925. The zero-order chi connectivity index (χ0) is 18.5. The number of halogens is 1. The maximum atomic E-state index is 12.7. The topological polar surface area (TPSA) is 47.6 Å². The zero-order valence-electron chi connectivity index (χ0n) is 14.7. The first-order valence-electron chi connectivity index (χ1n) is 8.43. The van der Waals surface area contributed by atoms with E-state index in [-0.39, 0.29) is 5.91 Å². The Kier molecular flexibility index (Phi) is 5.78. The summed E-state index contributed by atoms with van der Waals surface area (Å²) < 4.78 is 11.8. The molecule has 0 saturated heterocycles. The van der Waals surface area contributed by atoms with Crippen LogP contribution in [0, 0.1) is 0 Å². The number of nitrogens with one attached hydrogen (secondary N) is 1. The van der Waals surface area contributed by atoms with E-state index in [1.165, 1.54) is 0 Å². The lowest BCUT2D eigenvalue weighted by molar-refractivity contribution is 0.102. The van der Waals surface area contributed by atoms with E-state index in [1.54, 1.807) is 19.2 Å². The Bertz CT molecular complexity index is 940.